The lowest BCUT2D eigenvalue weighted by molar-refractivity contribution is -0.137. The van der Waals surface area contributed by atoms with Gasteiger partial charge in [0.05, 0.1) is 23.3 Å². The van der Waals surface area contributed by atoms with Crippen molar-refractivity contribution >= 4 is 28.3 Å². The maximum absolute atomic E-state index is 12.9. The summed E-state index contributed by atoms with van der Waals surface area (Å²) in [6, 6.07) is 9.93. The molecule has 10 heteroatoms. The molecule has 0 radical (unpaired) electrons. The number of imidazole rings is 1. The molecule has 1 N–H and O–H groups in total. The molecule has 0 fully saturated rings. The molecule has 0 aliphatic carbocycles. The molecule has 0 atom stereocenters. The van der Waals surface area contributed by atoms with Crippen molar-refractivity contribution in [1.82, 2.24) is 24.4 Å². The summed E-state index contributed by atoms with van der Waals surface area (Å²) in [5.74, 6) is 1.24. The second kappa shape index (κ2) is 10.3. The van der Waals surface area contributed by atoms with Gasteiger partial charge in [0.2, 0.25) is 0 Å². The second-order valence-electron chi connectivity index (χ2n) is 8.96. The van der Waals surface area contributed by atoms with Crippen molar-refractivity contribution < 1.29 is 13.2 Å². The molecule has 0 saturated heterocycles. The Morgan fingerprint density at radius 2 is 1.74 bits per heavy atom. The third-order valence-electron chi connectivity index (χ3n) is 5.83. The van der Waals surface area contributed by atoms with Crippen LogP contribution >= 0.6 is 11.3 Å². The van der Waals surface area contributed by atoms with Crippen LogP contribution < -0.4 is 5.32 Å². The number of alkyl halides is 3. The van der Waals surface area contributed by atoms with Gasteiger partial charge in [-0.05, 0) is 56.8 Å². The topological polar surface area (TPSA) is 58.9 Å². The van der Waals surface area contributed by atoms with Gasteiger partial charge in [-0.1, -0.05) is 18.2 Å². The predicted octanol–water partition coefficient (Wildman–Crippen LogP) is 6.15. The van der Waals surface area contributed by atoms with Gasteiger partial charge in [-0.2, -0.15) is 13.2 Å². The van der Waals surface area contributed by atoms with Gasteiger partial charge in [-0.3, -0.25) is 4.90 Å². The summed E-state index contributed by atoms with van der Waals surface area (Å²) in [5.41, 5.74) is 1.34. The van der Waals surface area contributed by atoms with Gasteiger partial charge in [0.15, 0.2) is 17.3 Å². The van der Waals surface area contributed by atoms with E-state index >= 15 is 0 Å². The number of fused-ring (bicyclic) bond motifs is 1. The van der Waals surface area contributed by atoms with Gasteiger partial charge in [0, 0.05) is 25.2 Å². The Kier molecular flexibility index (Phi) is 7.42. The fourth-order valence-corrected chi connectivity index (χ4v) is 4.77. The average molecular weight is 503 g/mol. The molecule has 4 rings (SSSR count). The van der Waals surface area contributed by atoms with Crippen molar-refractivity contribution in [2.75, 3.05) is 18.4 Å². The fourth-order valence-electron chi connectivity index (χ4n) is 4.11. The van der Waals surface area contributed by atoms with Gasteiger partial charge in [0.1, 0.15) is 5.52 Å². The summed E-state index contributed by atoms with van der Waals surface area (Å²) in [6.07, 6.45) is -2.70. The van der Waals surface area contributed by atoms with Gasteiger partial charge < -0.3 is 9.88 Å². The van der Waals surface area contributed by atoms with Crippen LogP contribution in [-0.4, -0.2) is 49.6 Å². The van der Waals surface area contributed by atoms with Crippen molar-refractivity contribution in [3.8, 4) is 10.7 Å². The highest BCUT2D eigenvalue weighted by Crippen LogP contribution is 2.30. The second-order valence-corrected chi connectivity index (χ2v) is 9.91. The normalized spacial score (nSPS) is 12.4. The van der Waals surface area contributed by atoms with E-state index in [9.17, 15) is 13.2 Å². The van der Waals surface area contributed by atoms with E-state index in [4.69, 9.17) is 9.97 Å². The predicted molar refractivity (Wildman–Crippen MR) is 135 cm³/mol. The zero-order valence-electron chi connectivity index (χ0n) is 20.2. The Morgan fingerprint density at radius 1 is 1.03 bits per heavy atom. The van der Waals surface area contributed by atoms with E-state index in [2.05, 4.69) is 42.9 Å². The molecule has 4 aromatic rings. The van der Waals surface area contributed by atoms with Crippen LogP contribution in [0.2, 0.25) is 0 Å². The molecule has 0 unspecified atom stereocenters. The lowest BCUT2D eigenvalue weighted by atomic mass is 10.1. The van der Waals surface area contributed by atoms with Crippen LogP contribution in [0.5, 0.6) is 0 Å². The molecule has 0 aliphatic heterocycles. The SMILES string of the molecule is CC(C)N(CCNc1nc(-c2cccs2)nc2c1ncn2Cc1ccc(C(F)(F)F)cc1)C(C)C. The maximum atomic E-state index is 12.9. The van der Waals surface area contributed by atoms with Crippen molar-refractivity contribution in [3.63, 3.8) is 0 Å². The minimum atomic E-state index is -4.36. The van der Waals surface area contributed by atoms with Gasteiger partial charge in [0.25, 0.3) is 0 Å². The number of rotatable bonds is 9. The third-order valence-corrected chi connectivity index (χ3v) is 6.69. The van der Waals surface area contributed by atoms with Crippen LogP contribution in [0.4, 0.5) is 19.0 Å². The molecule has 0 saturated carbocycles. The summed E-state index contributed by atoms with van der Waals surface area (Å²) >= 11 is 1.55. The largest absolute Gasteiger partial charge is 0.416 e. The highest BCUT2D eigenvalue weighted by molar-refractivity contribution is 7.13. The summed E-state index contributed by atoms with van der Waals surface area (Å²) in [5, 5.41) is 5.41. The third kappa shape index (κ3) is 5.82. The number of nitrogens with zero attached hydrogens (tertiary/aromatic N) is 5. The Hall–Kier alpha value is -2.98. The van der Waals surface area contributed by atoms with Gasteiger partial charge in [-0.25, -0.2) is 15.0 Å². The Balaban J connectivity index is 1.63. The molecule has 1 aromatic carbocycles. The van der Waals surface area contributed by atoms with Crippen molar-refractivity contribution in [1.29, 1.82) is 0 Å². The zero-order chi connectivity index (χ0) is 25.2. The van der Waals surface area contributed by atoms with Crippen LogP contribution in [0.1, 0.15) is 38.8 Å². The molecule has 35 heavy (non-hydrogen) atoms. The van der Waals surface area contributed by atoms with Crippen LogP contribution in [-0.2, 0) is 12.7 Å². The molecule has 0 spiro atoms. The van der Waals surface area contributed by atoms with E-state index in [1.54, 1.807) is 17.7 Å². The highest BCUT2D eigenvalue weighted by Gasteiger charge is 2.30. The quantitative estimate of drug-likeness (QED) is 0.297. The summed E-state index contributed by atoms with van der Waals surface area (Å²) in [6.45, 7) is 10.6. The van der Waals surface area contributed by atoms with Crippen molar-refractivity contribution in [2.45, 2.75) is 52.5 Å². The Labute approximate surface area is 206 Å². The van der Waals surface area contributed by atoms with Crippen molar-refractivity contribution in [2.24, 2.45) is 0 Å². The molecule has 6 nitrogen and oxygen atoms in total. The number of nitrogens with one attached hydrogen (secondary N) is 1. The Bertz CT molecular complexity index is 1240. The standard InChI is InChI=1S/C25H29F3N6S/c1-16(2)34(17(3)4)12-11-29-23-21-24(32-22(31-23)20-6-5-13-35-20)33(15-30-21)14-18-7-9-19(10-8-18)25(26,27)28/h5-10,13,15-17H,11-12,14H2,1-4H3,(H,29,31,32). The van der Waals surface area contributed by atoms with Crippen LogP contribution in [0.15, 0.2) is 48.1 Å². The summed E-state index contributed by atoms with van der Waals surface area (Å²) in [4.78, 5) is 17.4. The highest BCUT2D eigenvalue weighted by atomic mass is 32.1. The first-order valence-corrected chi connectivity index (χ1v) is 12.4. The molecular weight excluding hydrogens is 473 g/mol. The van der Waals surface area contributed by atoms with Gasteiger partial charge >= 0.3 is 6.18 Å². The number of aromatic nitrogens is 4. The minimum absolute atomic E-state index is 0.351. The molecule has 0 amide bonds. The average Bonchev–Trinajstić information content (AvgIpc) is 3.46. The van der Waals surface area contributed by atoms with E-state index < -0.39 is 11.7 Å². The lowest BCUT2D eigenvalue weighted by Gasteiger charge is -2.30. The van der Waals surface area contributed by atoms with Crippen molar-refractivity contribution in [3.05, 3.63) is 59.2 Å². The number of anilines is 1. The van der Waals surface area contributed by atoms with Crippen LogP contribution in [0.25, 0.3) is 21.9 Å². The van der Waals surface area contributed by atoms with Gasteiger partial charge in [-0.15, -0.1) is 11.3 Å². The van der Waals surface area contributed by atoms with E-state index in [1.807, 2.05) is 22.1 Å². The van der Waals surface area contributed by atoms with Crippen LogP contribution in [0, 0.1) is 0 Å². The lowest BCUT2D eigenvalue weighted by Crippen LogP contribution is -2.40. The molecular formula is C25H29F3N6S. The molecule has 0 aliphatic rings. The first kappa shape index (κ1) is 25.1. The fraction of sp³-hybridized carbons (Fsp3) is 0.400. The summed E-state index contributed by atoms with van der Waals surface area (Å²) < 4.78 is 40.6. The maximum Gasteiger partial charge on any atom is 0.416 e. The van der Waals surface area contributed by atoms with Crippen LogP contribution in [0.3, 0.4) is 0 Å². The van der Waals surface area contributed by atoms with E-state index in [0.717, 1.165) is 29.1 Å². The number of halogens is 3. The monoisotopic (exact) mass is 502 g/mol. The first-order valence-electron chi connectivity index (χ1n) is 11.6. The van der Waals surface area contributed by atoms with E-state index in [-0.39, 0.29) is 0 Å². The smallest absolute Gasteiger partial charge is 0.367 e. The molecule has 3 heterocycles. The Morgan fingerprint density at radius 3 is 2.34 bits per heavy atom. The summed E-state index contributed by atoms with van der Waals surface area (Å²) in [7, 11) is 0. The molecule has 0 bridgehead atoms. The van der Waals surface area contributed by atoms with E-state index in [0.29, 0.717) is 48.0 Å². The van der Waals surface area contributed by atoms with E-state index in [1.165, 1.54) is 12.1 Å². The first-order chi connectivity index (χ1) is 16.6. The number of hydrogen-bond acceptors (Lipinski definition) is 6. The molecule has 186 valence electrons. The number of hydrogen-bond donors (Lipinski definition) is 1. The minimum Gasteiger partial charge on any atom is -0.367 e. The molecule has 3 aromatic heterocycles. The zero-order valence-corrected chi connectivity index (χ0v) is 21.0. The number of benzene rings is 1. The number of thiophene rings is 1.